The number of nitrogens with zero attached hydrogens (tertiary/aromatic N) is 1. The molecule has 0 saturated heterocycles. The Hall–Kier alpha value is -2.10. The van der Waals surface area contributed by atoms with E-state index >= 15 is 0 Å². The number of carboxylic acids is 1. The minimum atomic E-state index is -0.937. The van der Waals surface area contributed by atoms with Crippen molar-refractivity contribution < 1.29 is 14.7 Å². The Balaban J connectivity index is 2.69. The van der Waals surface area contributed by atoms with Crippen LogP contribution < -0.4 is 0 Å². The molecule has 0 aromatic heterocycles. The molecule has 0 saturated carbocycles. The number of benzene rings is 1. The fourth-order valence-corrected chi connectivity index (χ4v) is 1.62. The summed E-state index contributed by atoms with van der Waals surface area (Å²) in [6, 6.07) is 6.85. The van der Waals surface area contributed by atoms with Crippen LogP contribution in [0.3, 0.4) is 0 Å². The van der Waals surface area contributed by atoms with Gasteiger partial charge >= 0.3 is 5.97 Å². The Kier molecular flexibility index (Phi) is 5.11. The predicted octanol–water partition coefficient (Wildman–Crippen LogP) is 1.96. The number of aromatic carboxylic acids is 1. The predicted molar refractivity (Wildman–Crippen MR) is 69.6 cm³/mol. The number of rotatable bonds is 5. The maximum Gasteiger partial charge on any atom is 0.335 e. The molecule has 0 atom stereocenters. The topological polar surface area (TPSA) is 57.6 Å². The lowest BCUT2D eigenvalue weighted by molar-refractivity contribution is -0.124. The van der Waals surface area contributed by atoms with Crippen LogP contribution in [0.2, 0.25) is 0 Å². The van der Waals surface area contributed by atoms with Crippen molar-refractivity contribution in [3.8, 4) is 0 Å². The van der Waals surface area contributed by atoms with E-state index in [9.17, 15) is 9.59 Å². The smallest absolute Gasteiger partial charge is 0.335 e. The first kappa shape index (κ1) is 14.0. The normalized spacial score (nSPS) is 10.6. The van der Waals surface area contributed by atoms with E-state index in [0.29, 0.717) is 18.5 Å². The van der Waals surface area contributed by atoms with Gasteiger partial charge in [0.15, 0.2) is 0 Å². The van der Waals surface area contributed by atoms with Crippen molar-refractivity contribution in [2.24, 2.45) is 0 Å². The molecule has 4 nitrogen and oxygen atoms in total. The van der Waals surface area contributed by atoms with E-state index in [-0.39, 0.29) is 5.91 Å². The van der Waals surface area contributed by atoms with Crippen LogP contribution in [0.15, 0.2) is 36.4 Å². The summed E-state index contributed by atoms with van der Waals surface area (Å²) in [6.45, 7) is 2.28. The molecule has 0 radical (unpaired) electrons. The van der Waals surface area contributed by atoms with Crippen LogP contribution >= 0.6 is 0 Å². The summed E-state index contributed by atoms with van der Waals surface area (Å²) in [4.78, 5) is 24.1. The minimum absolute atomic E-state index is 0.0784. The van der Waals surface area contributed by atoms with Crippen molar-refractivity contribution in [3.63, 3.8) is 0 Å². The molecule has 0 unspecified atom stereocenters. The van der Waals surface area contributed by atoms with Crippen LogP contribution in [-0.2, 0) is 11.2 Å². The molecule has 0 bridgehead atoms. The quantitative estimate of drug-likeness (QED) is 0.809. The highest BCUT2D eigenvalue weighted by Crippen LogP contribution is 2.10. The van der Waals surface area contributed by atoms with Crippen LogP contribution in [0.1, 0.15) is 22.8 Å². The maximum atomic E-state index is 11.5. The van der Waals surface area contributed by atoms with E-state index in [2.05, 4.69) is 0 Å². The van der Waals surface area contributed by atoms with Crippen LogP contribution in [0.4, 0.5) is 0 Å². The standard InChI is InChI=1S/C14H17NO3/c1-3-6-13(16)15(2)10-9-11-7-4-5-8-12(11)14(17)18/h3-8H,9-10H2,1-2H3,(H,17,18)/b6-3+. The van der Waals surface area contributed by atoms with Crippen molar-refractivity contribution in [2.45, 2.75) is 13.3 Å². The van der Waals surface area contributed by atoms with Crippen molar-refractivity contribution in [1.29, 1.82) is 0 Å². The summed E-state index contributed by atoms with van der Waals surface area (Å²) in [5, 5.41) is 9.03. The SMILES string of the molecule is C/C=C/C(=O)N(C)CCc1ccccc1C(=O)O. The number of carboxylic acid groups (broad SMARTS) is 1. The number of carbonyl (C=O) groups is 2. The van der Waals surface area contributed by atoms with Gasteiger partial charge in [-0.05, 0) is 31.1 Å². The summed E-state index contributed by atoms with van der Waals surface area (Å²) < 4.78 is 0. The Morgan fingerprint density at radius 1 is 1.33 bits per heavy atom. The molecule has 96 valence electrons. The molecule has 1 rings (SSSR count). The lowest BCUT2D eigenvalue weighted by Gasteiger charge is -2.15. The fraction of sp³-hybridized carbons (Fsp3) is 0.286. The fourth-order valence-electron chi connectivity index (χ4n) is 1.62. The van der Waals surface area contributed by atoms with Crippen molar-refractivity contribution in [2.75, 3.05) is 13.6 Å². The molecule has 1 aromatic rings. The zero-order chi connectivity index (χ0) is 13.5. The van der Waals surface area contributed by atoms with Gasteiger partial charge in [0, 0.05) is 13.6 Å². The summed E-state index contributed by atoms with van der Waals surface area (Å²) in [7, 11) is 1.70. The average Bonchev–Trinajstić information content (AvgIpc) is 2.36. The lowest BCUT2D eigenvalue weighted by Crippen LogP contribution is -2.27. The van der Waals surface area contributed by atoms with Crippen molar-refractivity contribution in [3.05, 3.63) is 47.5 Å². The molecular weight excluding hydrogens is 230 g/mol. The first-order valence-electron chi connectivity index (χ1n) is 5.75. The van der Waals surface area contributed by atoms with Gasteiger partial charge in [-0.15, -0.1) is 0 Å². The maximum absolute atomic E-state index is 11.5. The Labute approximate surface area is 107 Å². The van der Waals surface area contributed by atoms with Gasteiger partial charge in [-0.1, -0.05) is 24.3 Å². The Bertz CT molecular complexity index is 466. The Morgan fingerprint density at radius 2 is 2.00 bits per heavy atom. The zero-order valence-corrected chi connectivity index (χ0v) is 10.6. The van der Waals surface area contributed by atoms with E-state index in [0.717, 1.165) is 5.56 Å². The van der Waals surface area contributed by atoms with Crippen molar-refractivity contribution >= 4 is 11.9 Å². The second kappa shape index (κ2) is 6.59. The van der Waals surface area contributed by atoms with Gasteiger partial charge in [0.2, 0.25) is 5.91 Å². The number of hydrogen-bond donors (Lipinski definition) is 1. The molecule has 0 heterocycles. The molecule has 18 heavy (non-hydrogen) atoms. The van der Waals surface area contributed by atoms with Gasteiger partial charge in [0.1, 0.15) is 0 Å². The number of hydrogen-bond acceptors (Lipinski definition) is 2. The average molecular weight is 247 g/mol. The first-order chi connectivity index (χ1) is 8.56. The summed E-state index contributed by atoms with van der Waals surface area (Å²) in [5.41, 5.74) is 1.04. The zero-order valence-electron chi connectivity index (χ0n) is 10.6. The summed E-state index contributed by atoms with van der Waals surface area (Å²) >= 11 is 0. The molecule has 0 aliphatic rings. The minimum Gasteiger partial charge on any atom is -0.478 e. The molecule has 0 fully saturated rings. The van der Waals surface area contributed by atoms with Crippen LogP contribution in [-0.4, -0.2) is 35.5 Å². The van der Waals surface area contributed by atoms with Gasteiger partial charge in [0.05, 0.1) is 5.56 Å². The monoisotopic (exact) mass is 247 g/mol. The molecular formula is C14H17NO3. The van der Waals surface area contributed by atoms with Gasteiger partial charge < -0.3 is 10.0 Å². The summed E-state index contributed by atoms with van der Waals surface area (Å²) in [5.74, 6) is -1.02. The highest BCUT2D eigenvalue weighted by molar-refractivity contribution is 5.89. The van der Waals surface area contributed by atoms with Gasteiger partial charge in [-0.25, -0.2) is 4.79 Å². The summed E-state index contributed by atoms with van der Waals surface area (Å²) in [6.07, 6.45) is 3.70. The molecule has 1 amide bonds. The largest absolute Gasteiger partial charge is 0.478 e. The number of carbonyl (C=O) groups excluding carboxylic acids is 1. The second-order valence-electron chi connectivity index (χ2n) is 3.97. The molecule has 1 N–H and O–H groups in total. The highest BCUT2D eigenvalue weighted by Gasteiger charge is 2.10. The second-order valence-corrected chi connectivity index (χ2v) is 3.97. The molecule has 0 aliphatic carbocycles. The number of allylic oxidation sites excluding steroid dienone is 1. The van der Waals surface area contributed by atoms with Crippen LogP contribution in [0, 0.1) is 0 Å². The van der Waals surface area contributed by atoms with Crippen LogP contribution in [0.25, 0.3) is 0 Å². The van der Waals surface area contributed by atoms with E-state index in [1.807, 2.05) is 0 Å². The first-order valence-corrected chi connectivity index (χ1v) is 5.75. The van der Waals surface area contributed by atoms with E-state index in [1.54, 1.807) is 49.2 Å². The van der Waals surface area contributed by atoms with E-state index in [1.165, 1.54) is 6.08 Å². The highest BCUT2D eigenvalue weighted by atomic mass is 16.4. The molecule has 1 aromatic carbocycles. The third-order valence-corrected chi connectivity index (χ3v) is 2.65. The molecule has 0 aliphatic heterocycles. The lowest BCUT2D eigenvalue weighted by atomic mass is 10.0. The third kappa shape index (κ3) is 3.73. The molecule has 4 heteroatoms. The van der Waals surface area contributed by atoms with E-state index < -0.39 is 5.97 Å². The van der Waals surface area contributed by atoms with Gasteiger partial charge in [0.25, 0.3) is 0 Å². The van der Waals surface area contributed by atoms with Gasteiger partial charge in [-0.3, -0.25) is 4.79 Å². The number of likely N-dealkylation sites (N-methyl/N-ethyl adjacent to an activating group) is 1. The van der Waals surface area contributed by atoms with Gasteiger partial charge in [-0.2, -0.15) is 0 Å². The van der Waals surface area contributed by atoms with Crippen LogP contribution in [0.5, 0.6) is 0 Å². The Morgan fingerprint density at radius 3 is 2.61 bits per heavy atom. The number of amides is 1. The molecule has 0 spiro atoms. The van der Waals surface area contributed by atoms with E-state index in [4.69, 9.17) is 5.11 Å². The third-order valence-electron chi connectivity index (χ3n) is 2.65. The van der Waals surface area contributed by atoms with Crippen molar-refractivity contribution in [1.82, 2.24) is 4.90 Å².